The predicted octanol–water partition coefficient (Wildman–Crippen LogP) is 3.92. The average molecular weight is 341 g/mol. The molecular formula is C19H23N3O3. The van der Waals surface area contributed by atoms with Crippen molar-refractivity contribution in [1.82, 2.24) is 0 Å². The highest BCUT2D eigenvalue weighted by molar-refractivity contribution is 5.97. The Morgan fingerprint density at radius 3 is 2.24 bits per heavy atom. The molecule has 0 aromatic heterocycles. The van der Waals surface area contributed by atoms with E-state index in [0.29, 0.717) is 5.69 Å². The van der Waals surface area contributed by atoms with Gasteiger partial charge in [0.1, 0.15) is 6.04 Å². The zero-order valence-electron chi connectivity index (χ0n) is 14.8. The van der Waals surface area contributed by atoms with E-state index in [1.165, 1.54) is 7.11 Å². The Morgan fingerprint density at radius 2 is 1.60 bits per heavy atom. The first kappa shape index (κ1) is 18.3. The standard InChI is InChI=1S/C19H23N3O3/c1-12-5-6-13(2)17(11-12)22-18(23)14(3)20-15-7-9-16(10-8-15)21-19(24)25-4/h5-11,14,20H,1-4H3,(H,21,24)(H,22,23). The van der Waals surface area contributed by atoms with Gasteiger partial charge in [0.25, 0.3) is 0 Å². The molecule has 0 bridgehead atoms. The first-order valence-corrected chi connectivity index (χ1v) is 7.98. The fraction of sp³-hybridized carbons (Fsp3) is 0.263. The molecule has 0 spiro atoms. The molecule has 0 radical (unpaired) electrons. The van der Waals surface area contributed by atoms with Gasteiger partial charge in [0, 0.05) is 17.1 Å². The molecule has 0 heterocycles. The summed E-state index contributed by atoms with van der Waals surface area (Å²) >= 11 is 0. The third-order valence-corrected chi connectivity index (χ3v) is 3.74. The molecule has 132 valence electrons. The van der Waals surface area contributed by atoms with Gasteiger partial charge in [-0.05, 0) is 62.2 Å². The first-order chi connectivity index (χ1) is 11.9. The van der Waals surface area contributed by atoms with Crippen LogP contribution in [0.3, 0.4) is 0 Å². The zero-order chi connectivity index (χ0) is 18.4. The normalized spacial score (nSPS) is 11.4. The fourth-order valence-electron chi connectivity index (χ4n) is 2.25. The smallest absolute Gasteiger partial charge is 0.411 e. The molecule has 0 saturated carbocycles. The molecule has 0 aliphatic carbocycles. The maximum atomic E-state index is 12.4. The Labute approximate surface area is 147 Å². The van der Waals surface area contributed by atoms with Crippen molar-refractivity contribution in [1.29, 1.82) is 0 Å². The lowest BCUT2D eigenvalue weighted by Crippen LogP contribution is -2.32. The number of hydrogen-bond donors (Lipinski definition) is 3. The highest BCUT2D eigenvalue weighted by atomic mass is 16.5. The van der Waals surface area contributed by atoms with Crippen molar-refractivity contribution in [2.24, 2.45) is 0 Å². The van der Waals surface area contributed by atoms with E-state index in [1.54, 1.807) is 31.2 Å². The van der Waals surface area contributed by atoms with E-state index >= 15 is 0 Å². The summed E-state index contributed by atoms with van der Waals surface area (Å²) < 4.78 is 4.54. The Morgan fingerprint density at radius 1 is 0.960 bits per heavy atom. The largest absolute Gasteiger partial charge is 0.453 e. The van der Waals surface area contributed by atoms with E-state index in [1.807, 2.05) is 32.0 Å². The first-order valence-electron chi connectivity index (χ1n) is 7.98. The summed E-state index contributed by atoms with van der Waals surface area (Å²) in [6.45, 7) is 5.74. The van der Waals surface area contributed by atoms with Crippen LogP contribution in [-0.4, -0.2) is 25.2 Å². The van der Waals surface area contributed by atoms with Crippen molar-refractivity contribution in [3.8, 4) is 0 Å². The summed E-state index contributed by atoms with van der Waals surface area (Å²) in [6.07, 6.45) is -0.526. The molecule has 0 aliphatic heterocycles. The van der Waals surface area contributed by atoms with Crippen molar-refractivity contribution in [3.63, 3.8) is 0 Å². The van der Waals surface area contributed by atoms with E-state index in [-0.39, 0.29) is 5.91 Å². The van der Waals surface area contributed by atoms with Gasteiger partial charge in [-0.25, -0.2) is 4.79 Å². The highest BCUT2D eigenvalue weighted by Gasteiger charge is 2.14. The molecule has 1 atom stereocenters. The molecule has 0 saturated heterocycles. The minimum absolute atomic E-state index is 0.120. The number of hydrogen-bond acceptors (Lipinski definition) is 4. The van der Waals surface area contributed by atoms with Crippen LogP contribution in [0.4, 0.5) is 21.9 Å². The van der Waals surface area contributed by atoms with E-state index in [0.717, 1.165) is 22.5 Å². The van der Waals surface area contributed by atoms with Gasteiger partial charge < -0.3 is 15.4 Å². The van der Waals surface area contributed by atoms with Crippen molar-refractivity contribution in [2.45, 2.75) is 26.8 Å². The number of rotatable bonds is 5. The topological polar surface area (TPSA) is 79.5 Å². The molecule has 25 heavy (non-hydrogen) atoms. The van der Waals surface area contributed by atoms with Gasteiger partial charge in [-0.15, -0.1) is 0 Å². The average Bonchev–Trinajstić information content (AvgIpc) is 2.59. The molecule has 0 aliphatic rings. The monoisotopic (exact) mass is 341 g/mol. The molecule has 0 fully saturated rings. The van der Waals surface area contributed by atoms with Gasteiger partial charge >= 0.3 is 6.09 Å². The summed E-state index contributed by atoms with van der Waals surface area (Å²) in [5.74, 6) is -0.120. The van der Waals surface area contributed by atoms with Crippen LogP contribution < -0.4 is 16.0 Å². The number of benzene rings is 2. The SMILES string of the molecule is COC(=O)Nc1ccc(NC(C)C(=O)Nc2cc(C)ccc2C)cc1. The fourth-order valence-corrected chi connectivity index (χ4v) is 2.25. The molecule has 2 rings (SSSR count). The van der Waals surface area contributed by atoms with Crippen LogP contribution >= 0.6 is 0 Å². The molecule has 6 nitrogen and oxygen atoms in total. The van der Waals surface area contributed by atoms with Crippen LogP contribution in [0, 0.1) is 13.8 Å². The van der Waals surface area contributed by atoms with Gasteiger partial charge in [0.2, 0.25) is 5.91 Å². The van der Waals surface area contributed by atoms with Gasteiger partial charge in [-0.2, -0.15) is 0 Å². The Kier molecular flexibility index (Phi) is 6.00. The van der Waals surface area contributed by atoms with Gasteiger partial charge in [0.15, 0.2) is 0 Å². The second-order valence-electron chi connectivity index (χ2n) is 5.87. The molecule has 1 unspecified atom stereocenters. The van der Waals surface area contributed by atoms with Gasteiger partial charge in [-0.1, -0.05) is 12.1 Å². The maximum Gasteiger partial charge on any atom is 0.411 e. The number of methoxy groups -OCH3 is 1. The lowest BCUT2D eigenvalue weighted by atomic mass is 10.1. The number of anilines is 3. The summed E-state index contributed by atoms with van der Waals surface area (Å²) in [4.78, 5) is 23.5. The van der Waals surface area contributed by atoms with Crippen LogP contribution in [0.15, 0.2) is 42.5 Å². The third kappa shape index (κ3) is 5.24. The number of carbonyl (C=O) groups is 2. The van der Waals surface area contributed by atoms with E-state index in [2.05, 4.69) is 20.7 Å². The van der Waals surface area contributed by atoms with Crippen molar-refractivity contribution in [3.05, 3.63) is 53.6 Å². The molecular weight excluding hydrogens is 318 g/mol. The second-order valence-corrected chi connectivity index (χ2v) is 5.87. The number of ether oxygens (including phenoxy) is 1. The summed E-state index contributed by atoms with van der Waals surface area (Å²) in [5.41, 5.74) is 4.32. The van der Waals surface area contributed by atoms with Crippen LogP contribution in [0.2, 0.25) is 0 Å². The van der Waals surface area contributed by atoms with E-state index < -0.39 is 12.1 Å². The second kappa shape index (κ2) is 8.19. The Balaban J connectivity index is 1.96. The lowest BCUT2D eigenvalue weighted by Gasteiger charge is -2.17. The molecule has 6 heteroatoms. The van der Waals surface area contributed by atoms with Crippen LogP contribution in [0.25, 0.3) is 0 Å². The van der Waals surface area contributed by atoms with Crippen LogP contribution in [-0.2, 0) is 9.53 Å². The number of amides is 2. The number of aryl methyl sites for hydroxylation is 2. The van der Waals surface area contributed by atoms with Crippen LogP contribution in [0.1, 0.15) is 18.1 Å². The number of carbonyl (C=O) groups excluding carboxylic acids is 2. The van der Waals surface area contributed by atoms with Crippen molar-refractivity contribution >= 4 is 29.1 Å². The quantitative estimate of drug-likeness (QED) is 0.770. The predicted molar refractivity (Wildman–Crippen MR) is 100 cm³/mol. The highest BCUT2D eigenvalue weighted by Crippen LogP contribution is 2.18. The maximum absolute atomic E-state index is 12.4. The van der Waals surface area contributed by atoms with Crippen molar-refractivity contribution < 1.29 is 14.3 Å². The zero-order valence-corrected chi connectivity index (χ0v) is 14.8. The summed E-state index contributed by atoms with van der Waals surface area (Å²) in [6, 6.07) is 12.6. The number of nitrogens with one attached hydrogen (secondary N) is 3. The Bertz CT molecular complexity index is 757. The van der Waals surface area contributed by atoms with Crippen molar-refractivity contribution in [2.75, 3.05) is 23.1 Å². The van der Waals surface area contributed by atoms with E-state index in [9.17, 15) is 9.59 Å². The molecule has 3 N–H and O–H groups in total. The Hall–Kier alpha value is -3.02. The van der Waals surface area contributed by atoms with Gasteiger partial charge in [-0.3, -0.25) is 10.1 Å². The summed E-state index contributed by atoms with van der Waals surface area (Å²) in [7, 11) is 1.31. The van der Waals surface area contributed by atoms with Gasteiger partial charge in [0.05, 0.1) is 7.11 Å². The third-order valence-electron chi connectivity index (χ3n) is 3.74. The molecule has 2 amide bonds. The molecule has 2 aromatic rings. The minimum Gasteiger partial charge on any atom is -0.453 e. The van der Waals surface area contributed by atoms with E-state index in [4.69, 9.17) is 0 Å². The summed E-state index contributed by atoms with van der Waals surface area (Å²) in [5, 5.41) is 8.65. The van der Waals surface area contributed by atoms with Crippen LogP contribution in [0.5, 0.6) is 0 Å². The lowest BCUT2D eigenvalue weighted by molar-refractivity contribution is -0.116. The molecule has 2 aromatic carbocycles. The minimum atomic E-state index is -0.526.